The van der Waals surface area contributed by atoms with Gasteiger partial charge in [0.05, 0.1) is 0 Å². The second kappa shape index (κ2) is 4.31. The number of aromatic nitrogens is 2. The molecular weight excluding hydrogens is 245 g/mol. The van der Waals surface area contributed by atoms with Gasteiger partial charge in [0.15, 0.2) is 5.84 Å². The predicted octanol–water partition coefficient (Wildman–Crippen LogP) is -0.807. The summed E-state index contributed by atoms with van der Waals surface area (Å²) in [5.74, 6) is -0.692. The predicted molar refractivity (Wildman–Crippen MR) is 49.9 cm³/mol. The molecule has 1 aromatic heterocycles. The topological polar surface area (TPSA) is 113 Å². The maximum Gasteiger partial charge on any atom is 0.406 e. The van der Waals surface area contributed by atoms with Gasteiger partial charge in [0, 0.05) is 6.20 Å². The van der Waals surface area contributed by atoms with Crippen LogP contribution in [0.5, 0.6) is 0 Å². The Hall–Kier alpha value is -2.26. The molecule has 0 bridgehead atoms. The lowest BCUT2D eigenvalue weighted by atomic mass is 10.3. The van der Waals surface area contributed by atoms with Crippen LogP contribution in [0.1, 0.15) is 5.56 Å². The van der Waals surface area contributed by atoms with Crippen LogP contribution in [0.2, 0.25) is 0 Å². The second-order valence-corrected chi connectivity index (χ2v) is 3.03. The number of hydrogen-bond acceptors (Lipinski definition) is 4. The molecule has 7 nitrogen and oxygen atoms in total. The molecule has 4 N–H and O–H groups in total. The van der Waals surface area contributed by atoms with Crippen molar-refractivity contribution in [3.8, 4) is 0 Å². The van der Waals surface area contributed by atoms with Crippen LogP contribution < -0.4 is 17.0 Å². The highest BCUT2D eigenvalue weighted by atomic mass is 19.4. The first kappa shape index (κ1) is 12.8. The monoisotopic (exact) mass is 252 g/mol. The summed E-state index contributed by atoms with van der Waals surface area (Å²) in [4.78, 5) is 23.8. The van der Waals surface area contributed by atoms with Crippen molar-refractivity contribution in [1.29, 1.82) is 0 Å². The molecule has 1 rings (SSSR count). The molecule has 0 aliphatic heterocycles. The van der Waals surface area contributed by atoms with Gasteiger partial charge in [-0.25, -0.2) is 4.79 Å². The Kier molecular flexibility index (Phi) is 3.25. The van der Waals surface area contributed by atoms with Crippen molar-refractivity contribution in [3.05, 3.63) is 32.6 Å². The van der Waals surface area contributed by atoms with Gasteiger partial charge in [-0.2, -0.15) is 13.2 Å². The maximum absolute atomic E-state index is 12.1. The van der Waals surface area contributed by atoms with Gasteiger partial charge in [0.2, 0.25) is 0 Å². The molecule has 94 valence electrons. The van der Waals surface area contributed by atoms with E-state index in [1.165, 1.54) is 0 Å². The van der Waals surface area contributed by atoms with Gasteiger partial charge in [0.25, 0.3) is 5.56 Å². The minimum atomic E-state index is -4.63. The number of hydrogen-bond donors (Lipinski definition) is 3. The molecule has 0 aromatic carbocycles. The molecule has 10 heteroatoms. The van der Waals surface area contributed by atoms with Crippen LogP contribution in [0.25, 0.3) is 0 Å². The number of rotatable bonds is 2. The van der Waals surface area contributed by atoms with Crippen molar-refractivity contribution in [2.75, 3.05) is 0 Å². The van der Waals surface area contributed by atoms with Crippen molar-refractivity contribution in [1.82, 2.24) is 9.55 Å². The summed E-state index contributed by atoms with van der Waals surface area (Å²) in [7, 11) is 0. The number of nitrogens with zero attached hydrogens (tertiary/aromatic N) is 2. The highest BCUT2D eigenvalue weighted by Gasteiger charge is 2.29. The minimum absolute atomic E-state index is 0.203. The first-order valence-corrected chi connectivity index (χ1v) is 4.13. The molecule has 1 heterocycles. The van der Waals surface area contributed by atoms with Crippen molar-refractivity contribution in [2.45, 2.75) is 12.7 Å². The summed E-state index contributed by atoms with van der Waals surface area (Å²) in [6, 6.07) is 0. The molecule has 0 fully saturated rings. The van der Waals surface area contributed by atoms with Gasteiger partial charge in [-0.05, 0) is 0 Å². The standard InChI is InChI=1S/C7H7F3N4O3/c8-7(9,10)2-14-1-3(4(11)13-17)5(15)12-6(14)16/h1,17H,2H2,(H2,11,13)(H,12,15,16). The third-order valence-electron chi connectivity index (χ3n) is 1.74. The zero-order valence-electron chi connectivity index (χ0n) is 8.15. The number of nitrogens with one attached hydrogen (secondary N) is 1. The van der Waals surface area contributed by atoms with Crippen molar-refractivity contribution in [3.63, 3.8) is 0 Å². The number of alkyl halides is 3. The lowest BCUT2D eigenvalue weighted by Gasteiger charge is -2.09. The van der Waals surface area contributed by atoms with E-state index in [4.69, 9.17) is 10.9 Å². The molecule has 0 atom stereocenters. The fraction of sp³-hybridized carbons (Fsp3) is 0.286. The lowest BCUT2D eigenvalue weighted by Crippen LogP contribution is -2.37. The Bertz CT molecular complexity index is 557. The lowest BCUT2D eigenvalue weighted by molar-refractivity contribution is -0.141. The third kappa shape index (κ3) is 3.09. The molecule has 0 saturated carbocycles. The maximum atomic E-state index is 12.1. The number of oxime groups is 1. The largest absolute Gasteiger partial charge is 0.409 e. The van der Waals surface area contributed by atoms with E-state index in [0.29, 0.717) is 6.20 Å². The fourth-order valence-electron chi connectivity index (χ4n) is 1.06. The van der Waals surface area contributed by atoms with Gasteiger partial charge in [-0.3, -0.25) is 14.3 Å². The Morgan fingerprint density at radius 1 is 1.53 bits per heavy atom. The van der Waals surface area contributed by atoms with Gasteiger partial charge in [-0.15, -0.1) is 0 Å². The summed E-state index contributed by atoms with van der Waals surface area (Å²) in [5.41, 5.74) is 2.26. The van der Waals surface area contributed by atoms with Crippen molar-refractivity contribution in [2.24, 2.45) is 10.9 Å². The molecule has 0 unspecified atom stereocenters. The van der Waals surface area contributed by atoms with E-state index in [2.05, 4.69) is 5.16 Å². The summed E-state index contributed by atoms with van der Waals surface area (Å²) in [6.07, 6.45) is -4.06. The van der Waals surface area contributed by atoms with E-state index in [1.54, 1.807) is 4.98 Å². The fourth-order valence-corrected chi connectivity index (χ4v) is 1.06. The van der Waals surface area contributed by atoms with E-state index < -0.39 is 35.4 Å². The van der Waals surface area contributed by atoms with Gasteiger partial charge in [-0.1, -0.05) is 5.16 Å². The third-order valence-corrected chi connectivity index (χ3v) is 1.74. The van der Waals surface area contributed by atoms with Crippen molar-refractivity contribution >= 4 is 5.84 Å². The van der Waals surface area contributed by atoms with E-state index in [9.17, 15) is 22.8 Å². The molecule has 1 aromatic rings. The van der Waals surface area contributed by atoms with Crippen LogP contribution in [0, 0.1) is 0 Å². The number of aromatic amines is 1. The quantitative estimate of drug-likeness (QED) is 0.276. The zero-order chi connectivity index (χ0) is 13.2. The van der Waals surface area contributed by atoms with E-state index >= 15 is 0 Å². The zero-order valence-corrected chi connectivity index (χ0v) is 8.15. The summed E-state index contributed by atoms with van der Waals surface area (Å²) < 4.78 is 36.4. The first-order valence-electron chi connectivity index (χ1n) is 4.13. The summed E-state index contributed by atoms with van der Waals surface area (Å²) >= 11 is 0. The Morgan fingerprint density at radius 3 is 2.59 bits per heavy atom. The molecule has 0 aliphatic carbocycles. The van der Waals surface area contributed by atoms with Crippen molar-refractivity contribution < 1.29 is 18.4 Å². The van der Waals surface area contributed by atoms with Crippen LogP contribution in [-0.2, 0) is 6.54 Å². The van der Waals surface area contributed by atoms with Gasteiger partial charge < -0.3 is 10.9 Å². The van der Waals surface area contributed by atoms with Crippen LogP contribution in [0.15, 0.2) is 20.9 Å². The number of halogens is 3. The summed E-state index contributed by atoms with van der Waals surface area (Å²) in [5, 5.41) is 10.8. The van der Waals surface area contributed by atoms with Crippen LogP contribution in [0.4, 0.5) is 13.2 Å². The SMILES string of the molecule is NC(=NO)c1cn(CC(F)(F)F)c(=O)[nH]c1=O. The van der Waals surface area contributed by atoms with Crippen LogP contribution in [-0.4, -0.2) is 26.8 Å². The Labute approximate surface area is 91.0 Å². The van der Waals surface area contributed by atoms with Crippen LogP contribution in [0.3, 0.4) is 0 Å². The number of nitrogens with two attached hydrogens (primary N) is 1. The van der Waals surface area contributed by atoms with Gasteiger partial charge in [0.1, 0.15) is 12.1 Å². The second-order valence-electron chi connectivity index (χ2n) is 3.03. The average molecular weight is 252 g/mol. The molecule has 0 saturated heterocycles. The number of amidine groups is 1. The Morgan fingerprint density at radius 2 is 2.12 bits per heavy atom. The molecule has 0 amide bonds. The summed E-state index contributed by atoms with van der Waals surface area (Å²) in [6.45, 7) is -1.59. The van der Waals surface area contributed by atoms with Gasteiger partial charge >= 0.3 is 11.9 Å². The van der Waals surface area contributed by atoms with E-state index in [1.807, 2.05) is 0 Å². The average Bonchev–Trinajstić information content (AvgIpc) is 2.19. The first-order chi connectivity index (χ1) is 7.74. The normalized spacial score (nSPS) is 12.8. The van der Waals surface area contributed by atoms with E-state index in [-0.39, 0.29) is 4.57 Å². The highest BCUT2D eigenvalue weighted by molar-refractivity contribution is 5.96. The van der Waals surface area contributed by atoms with E-state index in [0.717, 1.165) is 0 Å². The highest BCUT2D eigenvalue weighted by Crippen LogP contribution is 2.15. The minimum Gasteiger partial charge on any atom is -0.409 e. The molecular formula is C7H7F3N4O3. The van der Waals surface area contributed by atoms with Crippen LogP contribution >= 0.6 is 0 Å². The number of H-pyrrole nitrogens is 1. The molecule has 17 heavy (non-hydrogen) atoms. The molecule has 0 radical (unpaired) electrons. The smallest absolute Gasteiger partial charge is 0.406 e. The molecule has 0 aliphatic rings. The molecule has 0 spiro atoms. The Balaban J connectivity index is 3.35.